The fourth-order valence-electron chi connectivity index (χ4n) is 2.37. The SMILES string of the molecule is Cc1ccc(F)cc1[C@@H](CO)N1CCNCC1.Cl. The van der Waals surface area contributed by atoms with Crippen molar-refractivity contribution in [1.29, 1.82) is 0 Å². The molecular weight excluding hydrogens is 255 g/mol. The van der Waals surface area contributed by atoms with Crippen molar-refractivity contribution in [1.82, 2.24) is 10.2 Å². The van der Waals surface area contributed by atoms with Crippen LogP contribution in [0, 0.1) is 12.7 Å². The molecule has 1 aliphatic rings. The third-order valence-corrected chi connectivity index (χ3v) is 3.37. The van der Waals surface area contributed by atoms with Crippen LogP contribution >= 0.6 is 12.4 Å². The second kappa shape index (κ2) is 7.04. The Labute approximate surface area is 113 Å². The predicted octanol–water partition coefficient (Wildman–Crippen LogP) is 1.49. The van der Waals surface area contributed by atoms with E-state index in [1.165, 1.54) is 12.1 Å². The van der Waals surface area contributed by atoms with E-state index < -0.39 is 0 Å². The number of nitrogens with zero attached hydrogens (tertiary/aromatic N) is 1. The van der Waals surface area contributed by atoms with E-state index in [9.17, 15) is 9.50 Å². The first-order valence-corrected chi connectivity index (χ1v) is 6.04. The van der Waals surface area contributed by atoms with Gasteiger partial charge >= 0.3 is 0 Å². The smallest absolute Gasteiger partial charge is 0.123 e. The molecule has 0 unspecified atom stereocenters. The van der Waals surface area contributed by atoms with E-state index in [1.807, 2.05) is 6.92 Å². The van der Waals surface area contributed by atoms with Crippen LogP contribution in [0.3, 0.4) is 0 Å². The van der Waals surface area contributed by atoms with Gasteiger partial charge in [-0.1, -0.05) is 6.07 Å². The molecule has 3 nitrogen and oxygen atoms in total. The standard InChI is InChI=1S/C13H19FN2O.ClH/c1-10-2-3-11(14)8-12(10)13(9-17)16-6-4-15-5-7-16;/h2-3,8,13,15,17H,4-7,9H2,1H3;1H/t13-;/m1./s1. The second-order valence-corrected chi connectivity index (χ2v) is 4.49. The van der Waals surface area contributed by atoms with Gasteiger partial charge in [-0.05, 0) is 30.2 Å². The van der Waals surface area contributed by atoms with Crippen LogP contribution in [0.4, 0.5) is 4.39 Å². The highest BCUT2D eigenvalue weighted by atomic mass is 35.5. The Morgan fingerprint density at radius 3 is 2.67 bits per heavy atom. The molecule has 0 spiro atoms. The second-order valence-electron chi connectivity index (χ2n) is 4.49. The van der Waals surface area contributed by atoms with E-state index in [0.29, 0.717) is 0 Å². The van der Waals surface area contributed by atoms with Crippen molar-refractivity contribution in [2.75, 3.05) is 32.8 Å². The summed E-state index contributed by atoms with van der Waals surface area (Å²) in [4.78, 5) is 2.21. The first-order chi connectivity index (χ1) is 8.22. The summed E-state index contributed by atoms with van der Waals surface area (Å²) < 4.78 is 13.3. The fourth-order valence-corrected chi connectivity index (χ4v) is 2.37. The number of hydrogen-bond donors (Lipinski definition) is 2. The van der Waals surface area contributed by atoms with Crippen LogP contribution < -0.4 is 5.32 Å². The van der Waals surface area contributed by atoms with E-state index in [-0.39, 0.29) is 30.9 Å². The predicted molar refractivity (Wildman–Crippen MR) is 72.7 cm³/mol. The zero-order valence-electron chi connectivity index (χ0n) is 10.5. The van der Waals surface area contributed by atoms with E-state index in [1.54, 1.807) is 6.07 Å². The molecule has 0 aromatic heterocycles. The van der Waals surface area contributed by atoms with Gasteiger partial charge in [0.1, 0.15) is 5.82 Å². The molecule has 1 fully saturated rings. The summed E-state index contributed by atoms with van der Waals surface area (Å²) in [5.74, 6) is -0.237. The van der Waals surface area contributed by atoms with Gasteiger partial charge in [-0.2, -0.15) is 0 Å². The zero-order valence-corrected chi connectivity index (χ0v) is 11.3. The molecular formula is C13H20ClFN2O. The zero-order chi connectivity index (χ0) is 12.3. The summed E-state index contributed by atoms with van der Waals surface area (Å²) in [6, 6.07) is 4.69. The van der Waals surface area contributed by atoms with Gasteiger partial charge in [0.2, 0.25) is 0 Å². The van der Waals surface area contributed by atoms with Crippen LogP contribution in [-0.4, -0.2) is 42.8 Å². The lowest BCUT2D eigenvalue weighted by atomic mass is 9.99. The van der Waals surface area contributed by atoms with Crippen molar-refractivity contribution in [3.63, 3.8) is 0 Å². The van der Waals surface area contributed by atoms with E-state index in [4.69, 9.17) is 0 Å². The van der Waals surface area contributed by atoms with Crippen molar-refractivity contribution in [3.8, 4) is 0 Å². The maximum atomic E-state index is 13.3. The number of hydrogen-bond acceptors (Lipinski definition) is 3. The summed E-state index contributed by atoms with van der Waals surface area (Å²) >= 11 is 0. The molecule has 2 rings (SSSR count). The molecule has 1 aromatic rings. The molecule has 0 aliphatic carbocycles. The fraction of sp³-hybridized carbons (Fsp3) is 0.538. The summed E-state index contributed by atoms with van der Waals surface area (Å²) in [6.45, 7) is 5.61. The third-order valence-electron chi connectivity index (χ3n) is 3.37. The summed E-state index contributed by atoms with van der Waals surface area (Å²) in [7, 11) is 0. The average molecular weight is 275 g/mol. The average Bonchev–Trinajstić information content (AvgIpc) is 2.36. The number of piperazine rings is 1. The van der Waals surface area contributed by atoms with E-state index in [2.05, 4.69) is 10.2 Å². The number of aryl methyl sites for hydroxylation is 1. The lowest BCUT2D eigenvalue weighted by Gasteiger charge is -2.34. The van der Waals surface area contributed by atoms with Crippen LogP contribution in [0.5, 0.6) is 0 Å². The highest BCUT2D eigenvalue weighted by molar-refractivity contribution is 5.85. The minimum atomic E-state index is -0.237. The topological polar surface area (TPSA) is 35.5 Å². The van der Waals surface area contributed by atoms with Crippen LogP contribution in [0.1, 0.15) is 17.2 Å². The Morgan fingerprint density at radius 1 is 1.39 bits per heavy atom. The molecule has 18 heavy (non-hydrogen) atoms. The molecule has 1 atom stereocenters. The molecule has 0 radical (unpaired) electrons. The molecule has 2 N–H and O–H groups in total. The Balaban J connectivity index is 0.00000162. The normalized spacial score (nSPS) is 18.2. The Kier molecular flexibility index (Phi) is 6.02. The summed E-state index contributed by atoms with van der Waals surface area (Å²) in [5, 5.41) is 12.8. The molecule has 1 aliphatic heterocycles. The Bertz CT molecular complexity index is 383. The Morgan fingerprint density at radius 2 is 2.06 bits per heavy atom. The van der Waals surface area contributed by atoms with Gasteiger partial charge in [-0.3, -0.25) is 4.90 Å². The van der Waals surface area contributed by atoms with Gasteiger partial charge in [0, 0.05) is 26.2 Å². The molecule has 5 heteroatoms. The van der Waals surface area contributed by atoms with E-state index >= 15 is 0 Å². The number of halogens is 2. The highest BCUT2D eigenvalue weighted by Crippen LogP contribution is 2.24. The minimum Gasteiger partial charge on any atom is -0.394 e. The molecule has 1 aromatic carbocycles. The molecule has 0 bridgehead atoms. The molecule has 102 valence electrons. The van der Waals surface area contributed by atoms with Crippen LogP contribution in [0.2, 0.25) is 0 Å². The van der Waals surface area contributed by atoms with Gasteiger partial charge in [0.25, 0.3) is 0 Å². The quantitative estimate of drug-likeness (QED) is 0.877. The number of aliphatic hydroxyl groups excluding tert-OH is 1. The maximum absolute atomic E-state index is 13.3. The maximum Gasteiger partial charge on any atom is 0.123 e. The van der Waals surface area contributed by atoms with Gasteiger partial charge in [0.15, 0.2) is 0 Å². The number of rotatable bonds is 3. The first kappa shape index (κ1) is 15.4. The molecule has 1 saturated heterocycles. The molecule has 0 amide bonds. The van der Waals surface area contributed by atoms with Crippen LogP contribution in [0.15, 0.2) is 18.2 Å². The monoisotopic (exact) mass is 274 g/mol. The minimum absolute atomic E-state index is 0. The summed E-state index contributed by atoms with van der Waals surface area (Å²) in [6.07, 6.45) is 0. The third kappa shape index (κ3) is 3.42. The molecule has 0 saturated carbocycles. The van der Waals surface area contributed by atoms with Crippen LogP contribution in [-0.2, 0) is 0 Å². The van der Waals surface area contributed by atoms with Gasteiger partial charge < -0.3 is 10.4 Å². The van der Waals surface area contributed by atoms with Gasteiger partial charge in [-0.15, -0.1) is 12.4 Å². The number of nitrogens with one attached hydrogen (secondary N) is 1. The Hall–Kier alpha value is -0.680. The number of benzene rings is 1. The van der Waals surface area contributed by atoms with Crippen LogP contribution in [0.25, 0.3) is 0 Å². The first-order valence-electron chi connectivity index (χ1n) is 6.04. The van der Waals surface area contributed by atoms with Crippen molar-refractivity contribution in [2.45, 2.75) is 13.0 Å². The lowest BCUT2D eigenvalue weighted by molar-refractivity contribution is 0.110. The van der Waals surface area contributed by atoms with Crippen molar-refractivity contribution >= 4 is 12.4 Å². The van der Waals surface area contributed by atoms with Crippen molar-refractivity contribution < 1.29 is 9.50 Å². The van der Waals surface area contributed by atoms with Gasteiger partial charge in [0.05, 0.1) is 12.6 Å². The largest absolute Gasteiger partial charge is 0.394 e. The van der Waals surface area contributed by atoms with Gasteiger partial charge in [-0.25, -0.2) is 4.39 Å². The summed E-state index contributed by atoms with van der Waals surface area (Å²) in [5.41, 5.74) is 1.93. The van der Waals surface area contributed by atoms with Crippen molar-refractivity contribution in [3.05, 3.63) is 35.1 Å². The lowest BCUT2D eigenvalue weighted by Crippen LogP contribution is -2.46. The van der Waals surface area contributed by atoms with Crippen molar-refractivity contribution in [2.24, 2.45) is 0 Å². The number of aliphatic hydroxyl groups is 1. The highest BCUT2D eigenvalue weighted by Gasteiger charge is 2.22. The molecule has 1 heterocycles. The van der Waals surface area contributed by atoms with E-state index in [0.717, 1.165) is 37.3 Å².